The summed E-state index contributed by atoms with van der Waals surface area (Å²) >= 11 is 0. The van der Waals surface area contributed by atoms with E-state index in [4.69, 9.17) is 9.47 Å². The van der Waals surface area contributed by atoms with Crippen LogP contribution in [0.25, 0.3) is 0 Å². The molecule has 0 amide bonds. The van der Waals surface area contributed by atoms with Gasteiger partial charge in [0.15, 0.2) is 11.5 Å². The molecule has 1 saturated heterocycles. The van der Waals surface area contributed by atoms with Crippen molar-refractivity contribution in [3.8, 4) is 0 Å². The maximum Gasteiger partial charge on any atom is 0.358 e. The van der Waals surface area contributed by atoms with Gasteiger partial charge >= 0.3 is 5.97 Å². The van der Waals surface area contributed by atoms with Crippen LogP contribution in [-0.4, -0.2) is 41.6 Å². The molecule has 0 bridgehead atoms. The largest absolute Gasteiger partial charge is 0.464 e. The number of imidazole rings is 1. The average molecular weight is 240 g/mol. The van der Waals surface area contributed by atoms with Gasteiger partial charge in [-0.15, -0.1) is 0 Å². The smallest absolute Gasteiger partial charge is 0.358 e. The minimum atomic E-state index is -0.518. The topological polar surface area (TPSA) is 62.6 Å². The molecule has 0 aliphatic carbocycles. The molecule has 17 heavy (non-hydrogen) atoms. The van der Waals surface area contributed by atoms with E-state index in [2.05, 4.69) is 9.72 Å². The summed E-state index contributed by atoms with van der Waals surface area (Å²) in [6.45, 7) is 3.86. The number of nitrogens with zero attached hydrogens (tertiary/aromatic N) is 2. The molecule has 1 aliphatic heterocycles. The van der Waals surface area contributed by atoms with Gasteiger partial charge < -0.3 is 18.8 Å². The lowest BCUT2D eigenvalue weighted by Gasteiger charge is -2.21. The summed E-state index contributed by atoms with van der Waals surface area (Å²) in [5.74, 6) is -0.946. The second kappa shape index (κ2) is 4.85. The molecule has 2 rings (SSSR count). The average Bonchev–Trinajstić information content (AvgIpc) is 2.95. The highest BCUT2D eigenvalue weighted by Gasteiger charge is 2.30. The van der Waals surface area contributed by atoms with Gasteiger partial charge in [0.25, 0.3) is 0 Å². The third-order valence-electron chi connectivity index (χ3n) is 2.75. The normalized spacial score (nSPS) is 18.2. The van der Waals surface area contributed by atoms with Gasteiger partial charge in [-0.2, -0.15) is 0 Å². The van der Waals surface area contributed by atoms with Gasteiger partial charge in [0.2, 0.25) is 0 Å². The zero-order valence-corrected chi connectivity index (χ0v) is 10.0. The molecule has 1 fully saturated rings. The molecule has 0 unspecified atom stereocenters. The Morgan fingerprint density at radius 1 is 1.59 bits per heavy atom. The minimum absolute atomic E-state index is 0.311. The van der Waals surface area contributed by atoms with Gasteiger partial charge in [0.05, 0.1) is 26.7 Å². The molecule has 2 heterocycles. The van der Waals surface area contributed by atoms with Crippen molar-refractivity contribution in [1.82, 2.24) is 9.55 Å². The standard InChI is InChI=1S/C11H16N2O4/c1-11(16-5-6-17-11)3-4-13-7-9(12-8-13)10(14)15-2/h7-8H,3-6H2,1-2H3. The predicted molar refractivity (Wildman–Crippen MR) is 58.5 cm³/mol. The monoisotopic (exact) mass is 240 g/mol. The number of ether oxygens (including phenoxy) is 3. The zero-order chi connectivity index (χ0) is 12.3. The highest BCUT2D eigenvalue weighted by atomic mass is 16.7. The molecule has 0 N–H and O–H groups in total. The molecule has 6 nitrogen and oxygen atoms in total. The van der Waals surface area contributed by atoms with Crippen molar-refractivity contribution in [2.45, 2.75) is 25.7 Å². The first kappa shape index (κ1) is 12.1. The van der Waals surface area contributed by atoms with Crippen LogP contribution in [-0.2, 0) is 20.8 Å². The first-order valence-corrected chi connectivity index (χ1v) is 5.51. The van der Waals surface area contributed by atoms with E-state index >= 15 is 0 Å². The third kappa shape index (κ3) is 2.83. The molecule has 0 spiro atoms. The van der Waals surface area contributed by atoms with Crippen LogP contribution in [0.2, 0.25) is 0 Å². The van der Waals surface area contributed by atoms with Crippen LogP contribution >= 0.6 is 0 Å². The maximum absolute atomic E-state index is 11.2. The fraction of sp³-hybridized carbons (Fsp3) is 0.636. The predicted octanol–water partition coefficient (Wildman–Crippen LogP) is 0.823. The van der Waals surface area contributed by atoms with Gasteiger partial charge in [-0.3, -0.25) is 0 Å². The summed E-state index contributed by atoms with van der Waals surface area (Å²) in [6, 6.07) is 0. The van der Waals surface area contributed by atoms with E-state index in [0.29, 0.717) is 31.9 Å². The van der Waals surface area contributed by atoms with Crippen LogP contribution in [0.15, 0.2) is 12.5 Å². The molecule has 0 atom stereocenters. The number of hydrogen-bond acceptors (Lipinski definition) is 5. The van der Waals surface area contributed by atoms with Crippen molar-refractivity contribution >= 4 is 5.97 Å². The van der Waals surface area contributed by atoms with E-state index in [-0.39, 0.29) is 0 Å². The number of esters is 1. The highest BCUT2D eigenvalue weighted by Crippen LogP contribution is 2.23. The van der Waals surface area contributed by atoms with Crippen LogP contribution in [0.5, 0.6) is 0 Å². The van der Waals surface area contributed by atoms with Gasteiger partial charge in [-0.05, 0) is 6.92 Å². The first-order chi connectivity index (χ1) is 8.13. The van der Waals surface area contributed by atoms with Crippen LogP contribution < -0.4 is 0 Å². The quantitative estimate of drug-likeness (QED) is 0.729. The second-order valence-corrected chi connectivity index (χ2v) is 4.07. The molecular weight excluding hydrogens is 224 g/mol. The number of rotatable bonds is 4. The minimum Gasteiger partial charge on any atom is -0.464 e. The number of methoxy groups -OCH3 is 1. The molecule has 0 radical (unpaired) electrons. The van der Waals surface area contributed by atoms with E-state index in [1.807, 2.05) is 11.5 Å². The molecule has 0 saturated carbocycles. The molecule has 1 aliphatic rings. The Morgan fingerprint density at radius 3 is 2.94 bits per heavy atom. The van der Waals surface area contributed by atoms with Crippen LogP contribution in [0, 0.1) is 0 Å². The Hall–Kier alpha value is -1.40. The first-order valence-electron chi connectivity index (χ1n) is 5.51. The Morgan fingerprint density at radius 2 is 2.29 bits per heavy atom. The lowest BCUT2D eigenvalue weighted by atomic mass is 10.2. The van der Waals surface area contributed by atoms with E-state index < -0.39 is 11.8 Å². The summed E-state index contributed by atoms with van der Waals surface area (Å²) < 4.78 is 17.4. The fourth-order valence-electron chi connectivity index (χ4n) is 1.73. The van der Waals surface area contributed by atoms with Crippen molar-refractivity contribution in [1.29, 1.82) is 0 Å². The van der Waals surface area contributed by atoms with Crippen molar-refractivity contribution in [2.75, 3.05) is 20.3 Å². The second-order valence-electron chi connectivity index (χ2n) is 4.07. The fourth-order valence-corrected chi connectivity index (χ4v) is 1.73. The van der Waals surface area contributed by atoms with Crippen LogP contribution in [0.1, 0.15) is 23.8 Å². The van der Waals surface area contributed by atoms with Crippen molar-refractivity contribution in [3.63, 3.8) is 0 Å². The molecule has 6 heteroatoms. The molecule has 0 aromatic carbocycles. The Labute approximate surface area is 99.5 Å². The lowest BCUT2D eigenvalue weighted by Crippen LogP contribution is -2.27. The highest BCUT2D eigenvalue weighted by molar-refractivity contribution is 5.86. The maximum atomic E-state index is 11.2. The summed E-state index contributed by atoms with van der Waals surface area (Å²) in [5, 5.41) is 0. The van der Waals surface area contributed by atoms with E-state index in [9.17, 15) is 4.79 Å². The van der Waals surface area contributed by atoms with E-state index in [1.165, 1.54) is 7.11 Å². The number of hydrogen-bond donors (Lipinski definition) is 0. The molecule has 1 aromatic heterocycles. The summed E-state index contributed by atoms with van der Waals surface area (Å²) in [4.78, 5) is 15.2. The molecular formula is C11H16N2O4. The number of carbonyl (C=O) groups is 1. The zero-order valence-electron chi connectivity index (χ0n) is 10.0. The van der Waals surface area contributed by atoms with Crippen molar-refractivity contribution in [3.05, 3.63) is 18.2 Å². The number of aromatic nitrogens is 2. The van der Waals surface area contributed by atoms with Crippen molar-refractivity contribution < 1.29 is 19.0 Å². The molecule has 1 aromatic rings. The third-order valence-corrected chi connectivity index (χ3v) is 2.75. The van der Waals surface area contributed by atoms with Crippen molar-refractivity contribution in [2.24, 2.45) is 0 Å². The van der Waals surface area contributed by atoms with Crippen LogP contribution in [0.4, 0.5) is 0 Å². The number of carbonyl (C=O) groups excluding carboxylic acids is 1. The molecule has 94 valence electrons. The van der Waals surface area contributed by atoms with Crippen LogP contribution in [0.3, 0.4) is 0 Å². The Kier molecular flexibility index (Phi) is 3.44. The Bertz CT molecular complexity index is 396. The van der Waals surface area contributed by atoms with Gasteiger partial charge in [-0.25, -0.2) is 9.78 Å². The van der Waals surface area contributed by atoms with Gasteiger partial charge in [0.1, 0.15) is 0 Å². The SMILES string of the molecule is COC(=O)c1cn(CCC2(C)OCCO2)cn1. The van der Waals surface area contributed by atoms with Gasteiger partial charge in [-0.1, -0.05) is 0 Å². The van der Waals surface area contributed by atoms with E-state index in [0.717, 1.165) is 0 Å². The summed E-state index contributed by atoms with van der Waals surface area (Å²) in [7, 11) is 1.34. The lowest BCUT2D eigenvalue weighted by molar-refractivity contribution is -0.148. The van der Waals surface area contributed by atoms with E-state index in [1.54, 1.807) is 12.5 Å². The number of aryl methyl sites for hydroxylation is 1. The Balaban J connectivity index is 1.91. The van der Waals surface area contributed by atoms with Gasteiger partial charge in [0, 0.05) is 19.2 Å². The summed E-state index contributed by atoms with van der Waals surface area (Å²) in [5.41, 5.74) is 0.311. The summed E-state index contributed by atoms with van der Waals surface area (Å²) in [6.07, 6.45) is 3.97.